The summed E-state index contributed by atoms with van der Waals surface area (Å²) in [5.41, 5.74) is 7.33. The minimum atomic E-state index is -0.490. The van der Waals surface area contributed by atoms with E-state index in [1.54, 1.807) is 24.3 Å². The number of primary amides is 1. The second-order valence-electron chi connectivity index (χ2n) is 5.00. The summed E-state index contributed by atoms with van der Waals surface area (Å²) in [5, 5.41) is 5.92. The Bertz CT molecular complexity index is 639. The third kappa shape index (κ3) is 4.43. The van der Waals surface area contributed by atoms with Crippen molar-refractivity contribution in [3.63, 3.8) is 0 Å². The maximum absolute atomic E-state index is 11.9. The molecule has 2 aromatic carbocycles. The lowest BCUT2D eigenvalue weighted by Gasteiger charge is -2.14. The average molecular weight is 297 g/mol. The Morgan fingerprint density at radius 1 is 1.05 bits per heavy atom. The van der Waals surface area contributed by atoms with E-state index in [4.69, 9.17) is 5.73 Å². The molecule has 0 heterocycles. The molecular formula is C17H19N3O2. The highest BCUT2D eigenvalue weighted by Crippen LogP contribution is 2.11. The van der Waals surface area contributed by atoms with E-state index in [9.17, 15) is 9.59 Å². The molecule has 0 radical (unpaired) electrons. The third-order valence-corrected chi connectivity index (χ3v) is 3.32. The van der Waals surface area contributed by atoms with Crippen LogP contribution in [-0.2, 0) is 4.79 Å². The van der Waals surface area contributed by atoms with Crippen LogP contribution in [0.5, 0.6) is 0 Å². The van der Waals surface area contributed by atoms with Crippen molar-refractivity contribution in [2.75, 3.05) is 11.9 Å². The van der Waals surface area contributed by atoms with Gasteiger partial charge in [-0.1, -0.05) is 30.3 Å². The van der Waals surface area contributed by atoms with Crippen LogP contribution in [0.25, 0.3) is 0 Å². The van der Waals surface area contributed by atoms with E-state index in [0.717, 1.165) is 5.56 Å². The highest BCUT2D eigenvalue weighted by Gasteiger charge is 2.08. The van der Waals surface area contributed by atoms with Gasteiger partial charge in [0.1, 0.15) is 0 Å². The van der Waals surface area contributed by atoms with Crippen molar-refractivity contribution >= 4 is 17.5 Å². The predicted octanol–water partition coefficient (Wildman–Crippen LogP) is 2.07. The van der Waals surface area contributed by atoms with Gasteiger partial charge in [-0.25, -0.2) is 0 Å². The molecule has 114 valence electrons. The second kappa shape index (κ2) is 7.38. The van der Waals surface area contributed by atoms with Crippen LogP contribution in [0.4, 0.5) is 5.69 Å². The fraction of sp³-hybridized carbons (Fsp3) is 0.176. The van der Waals surface area contributed by atoms with Crippen LogP contribution in [0.1, 0.15) is 28.9 Å². The Hall–Kier alpha value is -2.66. The molecule has 0 bridgehead atoms. The van der Waals surface area contributed by atoms with Gasteiger partial charge in [0.25, 0.3) is 0 Å². The summed E-state index contributed by atoms with van der Waals surface area (Å²) in [6.45, 7) is 2.21. The van der Waals surface area contributed by atoms with Gasteiger partial charge in [0.2, 0.25) is 11.8 Å². The number of nitrogens with two attached hydrogens (primary N) is 1. The van der Waals surface area contributed by atoms with Crippen molar-refractivity contribution in [3.05, 3.63) is 65.7 Å². The molecule has 4 N–H and O–H groups in total. The zero-order valence-electron chi connectivity index (χ0n) is 12.4. The standard InChI is InChI=1S/C17H19N3O2/c1-12(13-5-3-2-4-6-13)19-11-16(21)20-15-9-7-14(8-10-15)17(18)22/h2-10,12,19H,11H2,1H3,(H2,18,22)(H,20,21)/t12-/m0/s1. The van der Waals surface area contributed by atoms with Gasteiger partial charge >= 0.3 is 0 Å². The minimum Gasteiger partial charge on any atom is -0.366 e. The predicted molar refractivity (Wildman–Crippen MR) is 86.4 cm³/mol. The quantitative estimate of drug-likeness (QED) is 0.763. The molecule has 0 saturated carbocycles. The van der Waals surface area contributed by atoms with Crippen LogP contribution in [0.15, 0.2) is 54.6 Å². The molecule has 5 heteroatoms. The molecule has 0 saturated heterocycles. The zero-order chi connectivity index (χ0) is 15.9. The van der Waals surface area contributed by atoms with Crippen molar-refractivity contribution in [3.8, 4) is 0 Å². The van der Waals surface area contributed by atoms with Crippen molar-refractivity contribution in [1.29, 1.82) is 0 Å². The van der Waals surface area contributed by atoms with Crippen LogP contribution in [0, 0.1) is 0 Å². The Kier molecular flexibility index (Phi) is 5.27. The number of carbonyl (C=O) groups is 2. The number of benzene rings is 2. The topological polar surface area (TPSA) is 84.2 Å². The average Bonchev–Trinajstić information content (AvgIpc) is 2.54. The lowest BCUT2D eigenvalue weighted by atomic mass is 10.1. The van der Waals surface area contributed by atoms with E-state index in [1.807, 2.05) is 37.3 Å². The van der Waals surface area contributed by atoms with Crippen LogP contribution in [0.2, 0.25) is 0 Å². The summed E-state index contributed by atoms with van der Waals surface area (Å²) in [6, 6.07) is 16.5. The van der Waals surface area contributed by atoms with Crippen LogP contribution in [-0.4, -0.2) is 18.4 Å². The SMILES string of the molecule is C[C@H](NCC(=O)Nc1ccc(C(N)=O)cc1)c1ccccc1. The molecule has 0 aromatic heterocycles. The highest BCUT2D eigenvalue weighted by molar-refractivity contribution is 5.95. The number of hydrogen-bond donors (Lipinski definition) is 3. The van der Waals surface area contributed by atoms with E-state index >= 15 is 0 Å². The maximum atomic E-state index is 11.9. The zero-order valence-corrected chi connectivity index (χ0v) is 12.4. The van der Waals surface area contributed by atoms with Gasteiger partial charge in [-0.2, -0.15) is 0 Å². The number of nitrogens with one attached hydrogen (secondary N) is 2. The fourth-order valence-electron chi connectivity index (χ4n) is 2.03. The van der Waals surface area contributed by atoms with Gasteiger partial charge in [0.05, 0.1) is 6.54 Å². The van der Waals surface area contributed by atoms with Gasteiger partial charge < -0.3 is 16.4 Å². The monoisotopic (exact) mass is 297 g/mol. The molecule has 2 amide bonds. The van der Waals surface area contributed by atoms with E-state index in [-0.39, 0.29) is 18.5 Å². The Morgan fingerprint density at radius 3 is 2.27 bits per heavy atom. The molecule has 0 spiro atoms. The Balaban J connectivity index is 1.84. The molecule has 0 aliphatic carbocycles. The number of rotatable bonds is 6. The number of amides is 2. The summed E-state index contributed by atoms with van der Waals surface area (Å²) in [6.07, 6.45) is 0. The summed E-state index contributed by atoms with van der Waals surface area (Å²) in [5.74, 6) is -0.633. The highest BCUT2D eigenvalue weighted by atomic mass is 16.2. The fourth-order valence-corrected chi connectivity index (χ4v) is 2.03. The maximum Gasteiger partial charge on any atom is 0.248 e. The molecule has 0 aliphatic heterocycles. The smallest absolute Gasteiger partial charge is 0.248 e. The molecular weight excluding hydrogens is 278 g/mol. The number of hydrogen-bond acceptors (Lipinski definition) is 3. The first-order valence-electron chi connectivity index (χ1n) is 7.04. The summed E-state index contributed by atoms with van der Waals surface area (Å²) >= 11 is 0. The van der Waals surface area contributed by atoms with Crippen molar-refractivity contribution < 1.29 is 9.59 Å². The van der Waals surface area contributed by atoms with E-state index in [2.05, 4.69) is 10.6 Å². The van der Waals surface area contributed by atoms with Gasteiger partial charge in [-0.15, -0.1) is 0 Å². The van der Waals surface area contributed by atoms with Gasteiger partial charge in [0.15, 0.2) is 0 Å². The lowest BCUT2D eigenvalue weighted by Crippen LogP contribution is -2.30. The number of anilines is 1. The minimum absolute atomic E-state index is 0.0872. The molecule has 2 aromatic rings. The van der Waals surface area contributed by atoms with E-state index in [0.29, 0.717) is 11.3 Å². The van der Waals surface area contributed by atoms with E-state index < -0.39 is 5.91 Å². The van der Waals surface area contributed by atoms with E-state index in [1.165, 1.54) is 0 Å². The largest absolute Gasteiger partial charge is 0.366 e. The molecule has 5 nitrogen and oxygen atoms in total. The molecule has 0 fully saturated rings. The Labute approximate surface area is 129 Å². The molecule has 0 unspecified atom stereocenters. The normalized spacial score (nSPS) is 11.7. The first-order valence-corrected chi connectivity index (χ1v) is 7.04. The Morgan fingerprint density at radius 2 is 1.68 bits per heavy atom. The summed E-state index contributed by atoms with van der Waals surface area (Å²) in [4.78, 5) is 22.9. The van der Waals surface area contributed by atoms with Gasteiger partial charge in [-0.3, -0.25) is 9.59 Å². The first-order chi connectivity index (χ1) is 10.6. The van der Waals surface area contributed by atoms with Crippen LogP contribution in [0.3, 0.4) is 0 Å². The first kappa shape index (κ1) is 15.7. The molecule has 0 aliphatic rings. The van der Waals surface area contributed by atoms with Gasteiger partial charge in [0, 0.05) is 17.3 Å². The van der Waals surface area contributed by atoms with Crippen molar-refractivity contribution in [2.24, 2.45) is 5.73 Å². The van der Waals surface area contributed by atoms with Crippen LogP contribution < -0.4 is 16.4 Å². The molecule has 1 atom stereocenters. The number of carbonyl (C=O) groups excluding carboxylic acids is 2. The molecule has 2 rings (SSSR count). The molecule has 22 heavy (non-hydrogen) atoms. The van der Waals surface area contributed by atoms with Crippen molar-refractivity contribution in [1.82, 2.24) is 5.32 Å². The van der Waals surface area contributed by atoms with Crippen molar-refractivity contribution in [2.45, 2.75) is 13.0 Å². The summed E-state index contributed by atoms with van der Waals surface area (Å²) in [7, 11) is 0. The summed E-state index contributed by atoms with van der Waals surface area (Å²) < 4.78 is 0. The lowest BCUT2D eigenvalue weighted by molar-refractivity contribution is -0.115. The second-order valence-corrected chi connectivity index (χ2v) is 5.00. The third-order valence-electron chi connectivity index (χ3n) is 3.32. The van der Waals surface area contributed by atoms with Gasteiger partial charge in [-0.05, 0) is 36.8 Å². The van der Waals surface area contributed by atoms with Crippen LogP contribution >= 0.6 is 0 Å².